The molecule has 2 aromatic rings. The van der Waals surface area contributed by atoms with Gasteiger partial charge in [0.2, 0.25) is 5.95 Å². The molecule has 4 heteroatoms. The van der Waals surface area contributed by atoms with Gasteiger partial charge in [0, 0.05) is 17.6 Å². The predicted octanol–water partition coefficient (Wildman–Crippen LogP) is 3.84. The molecule has 0 radical (unpaired) electrons. The smallest absolute Gasteiger partial charge is 0.203 e. The summed E-state index contributed by atoms with van der Waals surface area (Å²) in [7, 11) is 0. The minimum absolute atomic E-state index is 0.876. The third-order valence-electron chi connectivity index (χ3n) is 2.99. The van der Waals surface area contributed by atoms with Crippen LogP contribution in [-0.4, -0.2) is 9.55 Å². The van der Waals surface area contributed by atoms with E-state index in [1.54, 1.807) is 0 Å². The Bertz CT molecular complexity index is 499. The molecule has 0 amide bonds. The molecule has 18 heavy (non-hydrogen) atoms. The highest BCUT2D eigenvalue weighted by molar-refractivity contribution is 7.10. The number of hydrogen-bond acceptors (Lipinski definition) is 3. The lowest BCUT2D eigenvalue weighted by Gasteiger charge is -2.08. The molecule has 0 aromatic carbocycles. The molecule has 0 saturated carbocycles. The second kappa shape index (κ2) is 6.05. The van der Waals surface area contributed by atoms with Crippen LogP contribution in [0.1, 0.15) is 36.4 Å². The average Bonchev–Trinajstić information content (AvgIpc) is 2.93. The van der Waals surface area contributed by atoms with E-state index in [0.29, 0.717) is 0 Å². The van der Waals surface area contributed by atoms with Crippen molar-refractivity contribution in [2.75, 3.05) is 5.32 Å². The number of aryl methyl sites for hydroxylation is 3. The summed E-state index contributed by atoms with van der Waals surface area (Å²) in [5.41, 5.74) is 2.52. The Morgan fingerprint density at radius 1 is 1.39 bits per heavy atom. The summed E-state index contributed by atoms with van der Waals surface area (Å²) in [5, 5.41) is 5.62. The van der Waals surface area contributed by atoms with Gasteiger partial charge in [0.25, 0.3) is 0 Å². The Labute approximate surface area is 113 Å². The first kappa shape index (κ1) is 13.1. The van der Waals surface area contributed by atoms with Crippen LogP contribution in [0.4, 0.5) is 5.95 Å². The van der Waals surface area contributed by atoms with Gasteiger partial charge in [-0.2, -0.15) is 0 Å². The van der Waals surface area contributed by atoms with E-state index in [2.05, 4.69) is 46.4 Å². The first-order valence-corrected chi connectivity index (χ1v) is 7.45. The van der Waals surface area contributed by atoms with E-state index in [4.69, 9.17) is 0 Å². The first-order valence-electron chi connectivity index (χ1n) is 6.57. The number of thiophene rings is 1. The minimum Gasteiger partial charge on any atom is -0.351 e. The Balaban J connectivity index is 2.05. The summed E-state index contributed by atoms with van der Waals surface area (Å²) < 4.78 is 2.20. The van der Waals surface area contributed by atoms with Crippen molar-refractivity contribution in [1.29, 1.82) is 0 Å². The third kappa shape index (κ3) is 2.93. The van der Waals surface area contributed by atoms with Crippen LogP contribution in [0, 0.1) is 6.92 Å². The topological polar surface area (TPSA) is 29.9 Å². The van der Waals surface area contributed by atoms with E-state index in [-0.39, 0.29) is 0 Å². The van der Waals surface area contributed by atoms with Gasteiger partial charge in [0.05, 0.1) is 12.2 Å². The number of aromatic nitrogens is 2. The zero-order valence-corrected chi connectivity index (χ0v) is 12.2. The number of imidazole rings is 1. The maximum atomic E-state index is 4.54. The summed E-state index contributed by atoms with van der Waals surface area (Å²) in [6.07, 6.45) is 4.34. The van der Waals surface area contributed by atoms with Gasteiger partial charge in [-0.1, -0.05) is 13.8 Å². The fourth-order valence-electron chi connectivity index (χ4n) is 2.10. The van der Waals surface area contributed by atoms with Crippen molar-refractivity contribution >= 4 is 17.3 Å². The number of nitrogens with zero attached hydrogens (tertiary/aromatic N) is 2. The molecule has 98 valence electrons. The Morgan fingerprint density at radius 2 is 2.22 bits per heavy atom. The first-order chi connectivity index (χ1) is 8.74. The van der Waals surface area contributed by atoms with Crippen molar-refractivity contribution in [3.05, 3.63) is 33.8 Å². The molecule has 0 aliphatic carbocycles. The van der Waals surface area contributed by atoms with Gasteiger partial charge in [-0.05, 0) is 36.8 Å². The highest BCUT2D eigenvalue weighted by atomic mass is 32.1. The Morgan fingerprint density at radius 3 is 2.94 bits per heavy atom. The number of nitrogens with one attached hydrogen (secondary N) is 1. The molecule has 0 saturated heterocycles. The van der Waals surface area contributed by atoms with Crippen LogP contribution in [-0.2, 0) is 19.5 Å². The molecular weight excluding hydrogens is 242 g/mol. The molecule has 0 unspecified atom stereocenters. The number of anilines is 1. The quantitative estimate of drug-likeness (QED) is 0.858. The van der Waals surface area contributed by atoms with Crippen LogP contribution in [0.15, 0.2) is 17.6 Å². The lowest BCUT2D eigenvalue weighted by molar-refractivity contribution is 0.682. The van der Waals surface area contributed by atoms with Crippen LogP contribution in [0.5, 0.6) is 0 Å². The molecule has 1 N–H and O–H groups in total. The summed E-state index contributed by atoms with van der Waals surface area (Å²) in [6.45, 7) is 8.33. The van der Waals surface area contributed by atoms with Crippen molar-refractivity contribution in [2.24, 2.45) is 0 Å². The largest absolute Gasteiger partial charge is 0.351 e. The molecule has 0 atom stereocenters. The van der Waals surface area contributed by atoms with Crippen molar-refractivity contribution in [3.63, 3.8) is 0 Å². The SMILES string of the molecule is CCCn1cc(C)nc1NCc1sccc1CC. The van der Waals surface area contributed by atoms with E-state index < -0.39 is 0 Å². The summed E-state index contributed by atoms with van der Waals surface area (Å²) in [6, 6.07) is 2.21. The molecule has 2 heterocycles. The van der Waals surface area contributed by atoms with E-state index in [1.165, 1.54) is 10.4 Å². The van der Waals surface area contributed by atoms with Crippen molar-refractivity contribution < 1.29 is 0 Å². The molecule has 0 fully saturated rings. The molecule has 0 aliphatic heterocycles. The van der Waals surface area contributed by atoms with Crippen molar-refractivity contribution in [1.82, 2.24) is 9.55 Å². The highest BCUT2D eigenvalue weighted by Gasteiger charge is 2.06. The third-order valence-corrected chi connectivity index (χ3v) is 3.95. The van der Waals surface area contributed by atoms with E-state index >= 15 is 0 Å². The zero-order valence-electron chi connectivity index (χ0n) is 11.4. The normalized spacial score (nSPS) is 10.8. The predicted molar refractivity (Wildman–Crippen MR) is 78.3 cm³/mol. The minimum atomic E-state index is 0.876. The molecule has 2 rings (SSSR count). The maximum Gasteiger partial charge on any atom is 0.203 e. The zero-order chi connectivity index (χ0) is 13.0. The van der Waals surface area contributed by atoms with Crippen LogP contribution < -0.4 is 5.32 Å². The van der Waals surface area contributed by atoms with Gasteiger partial charge in [-0.3, -0.25) is 0 Å². The molecular formula is C14H21N3S. The van der Waals surface area contributed by atoms with Crippen LogP contribution >= 0.6 is 11.3 Å². The molecule has 0 bridgehead atoms. The van der Waals surface area contributed by atoms with Crippen LogP contribution in [0.25, 0.3) is 0 Å². The van der Waals surface area contributed by atoms with E-state index in [9.17, 15) is 0 Å². The number of hydrogen-bond donors (Lipinski definition) is 1. The highest BCUT2D eigenvalue weighted by Crippen LogP contribution is 2.19. The summed E-state index contributed by atoms with van der Waals surface area (Å²) in [5.74, 6) is 0.991. The standard InChI is InChI=1S/C14H21N3S/c1-4-7-17-10-11(3)16-14(17)15-9-13-12(5-2)6-8-18-13/h6,8,10H,4-5,7,9H2,1-3H3,(H,15,16). The average molecular weight is 263 g/mol. The summed E-state index contributed by atoms with van der Waals surface area (Å²) in [4.78, 5) is 5.96. The van der Waals surface area contributed by atoms with Gasteiger partial charge in [-0.25, -0.2) is 4.98 Å². The van der Waals surface area contributed by atoms with Crippen molar-refractivity contribution in [2.45, 2.75) is 46.7 Å². The molecule has 0 spiro atoms. The van der Waals surface area contributed by atoms with Crippen molar-refractivity contribution in [3.8, 4) is 0 Å². The Kier molecular flexibility index (Phi) is 4.42. The number of rotatable bonds is 6. The lowest BCUT2D eigenvalue weighted by Crippen LogP contribution is -2.07. The molecule has 3 nitrogen and oxygen atoms in total. The van der Waals surface area contributed by atoms with E-state index in [1.807, 2.05) is 18.3 Å². The van der Waals surface area contributed by atoms with Gasteiger partial charge in [0.1, 0.15) is 0 Å². The van der Waals surface area contributed by atoms with Gasteiger partial charge in [-0.15, -0.1) is 11.3 Å². The fourth-order valence-corrected chi connectivity index (χ4v) is 3.01. The summed E-state index contributed by atoms with van der Waals surface area (Å²) >= 11 is 1.82. The maximum absolute atomic E-state index is 4.54. The van der Waals surface area contributed by atoms with Crippen LogP contribution in [0.3, 0.4) is 0 Å². The van der Waals surface area contributed by atoms with Gasteiger partial charge >= 0.3 is 0 Å². The fraction of sp³-hybridized carbons (Fsp3) is 0.500. The monoisotopic (exact) mass is 263 g/mol. The van der Waals surface area contributed by atoms with Gasteiger partial charge < -0.3 is 9.88 Å². The second-order valence-corrected chi connectivity index (χ2v) is 5.48. The van der Waals surface area contributed by atoms with Gasteiger partial charge in [0.15, 0.2) is 0 Å². The van der Waals surface area contributed by atoms with Crippen LogP contribution in [0.2, 0.25) is 0 Å². The molecule has 2 aromatic heterocycles. The lowest BCUT2D eigenvalue weighted by atomic mass is 10.2. The molecule has 0 aliphatic rings. The van der Waals surface area contributed by atoms with E-state index in [0.717, 1.165) is 37.6 Å². The second-order valence-electron chi connectivity index (χ2n) is 4.48. The Hall–Kier alpha value is -1.29.